The highest BCUT2D eigenvalue weighted by atomic mass is 16.5. The Hall–Kier alpha value is -2.17. The third-order valence-electron chi connectivity index (χ3n) is 2.65. The fraction of sp³-hybridized carbons (Fsp3) is 0.308. The molecule has 0 unspecified atom stereocenters. The number of hydrogen-bond acceptors (Lipinski definition) is 4. The van der Waals surface area contributed by atoms with Crippen LogP contribution in [0.1, 0.15) is 27.5 Å². The van der Waals surface area contributed by atoms with E-state index < -0.39 is 0 Å². The van der Waals surface area contributed by atoms with Crippen LogP contribution in [0, 0.1) is 13.8 Å². The summed E-state index contributed by atoms with van der Waals surface area (Å²) in [6.07, 6.45) is 2.45. The summed E-state index contributed by atoms with van der Waals surface area (Å²) in [7, 11) is 0. The van der Waals surface area contributed by atoms with Crippen molar-refractivity contribution in [3.05, 3.63) is 47.1 Å². The molecule has 2 aromatic rings. The SMILES string of the molecule is Cc1noc(C)c1C(=O)NCCc1ccccn1. The van der Waals surface area contributed by atoms with Gasteiger partial charge in [0.05, 0.1) is 5.69 Å². The van der Waals surface area contributed by atoms with Gasteiger partial charge in [-0.05, 0) is 26.0 Å². The van der Waals surface area contributed by atoms with Crippen LogP contribution in [0.15, 0.2) is 28.9 Å². The minimum Gasteiger partial charge on any atom is -0.361 e. The van der Waals surface area contributed by atoms with Gasteiger partial charge in [-0.1, -0.05) is 11.2 Å². The molecule has 0 radical (unpaired) electrons. The van der Waals surface area contributed by atoms with Gasteiger partial charge in [-0.25, -0.2) is 0 Å². The van der Waals surface area contributed by atoms with E-state index in [0.29, 0.717) is 30.0 Å². The molecule has 0 atom stereocenters. The van der Waals surface area contributed by atoms with Crippen LogP contribution in [0.2, 0.25) is 0 Å². The zero-order valence-corrected chi connectivity index (χ0v) is 10.4. The summed E-state index contributed by atoms with van der Waals surface area (Å²) in [6, 6.07) is 5.73. The van der Waals surface area contributed by atoms with Crippen LogP contribution in [0.3, 0.4) is 0 Å². The highest BCUT2D eigenvalue weighted by Crippen LogP contribution is 2.11. The quantitative estimate of drug-likeness (QED) is 0.889. The van der Waals surface area contributed by atoms with Crippen LogP contribution >= 0.6 is 0 Å². The molecule has 1 N–H and O–H groups in total. The summed E-state index contributed by atoms with van der Waals surface area (Å²) in [5.41, 5.74) is 2.09. The molecule has 0 aliphatic rings. The summed E-state index contributed by atoms with van der Waals surface area (Å²) in [6.45, 7) is 4.03. The van der Waals surface area contributed by atoms with E-state index in [9.17, 15) is 4.79 Å². The van der Waals surface area contributed by atoms with Gasteiger partial charge in [0.25, 0.3) is 5.91 Å². The van der Waals surface area contributed by atoms with Crippen molar-refractivity contribution in [2.75, 3.05) is 6.54 Å². The predicted molar refractivity (Wildman–Crippen MR) is 66.3 cm³/mol. The van der Waals surface area contributed by atoms with E-state index in [1.807, 2.05) is 18.2 Å². The third-order valence-corrected chi connectivity index (χ3v) is 2.65. The molecule has 5 nitrogen and oxygen atoms in total. The summed E-state index contributed by atoms with van der Waals surface area (Å²) in [5, 5.41) is 6.59. The van der Waals surface area contributed by atoms with Gasteiger partial charge in [-0.2, -0.15) is 0 Å². The minimum absolute atomic E-state index is 0.151. The van der Waals surface area contributed by atoms with Crippen LogP contribution in [0.4, 0.5) is 0 Å². The van der Waals surface area contributed by atoms with Crippen LogP contribution < -0.4 is 5.32 Å². The highest BCUT2D eigenvalue weighted by Gasteiger charge is 2.16. The molecule has 5 heteroatoms. The molecule has 18 heavy (non-hydrogen) atoms. The van der Waals surface area contributed by atoms with Gasteiger partial charge in [-0.3, -0.25) is 9.78 Å². The van der Waals surface area contributed by atoms with Gasteiger partial charge in [-0.15, -0.1) is 0 Å². The summed E-state index contributed by atoms with van der Waals surface area (Å²) in [5.74, 6) is 0.394. The van der Waals surface area contributed by atoms with Crippen molar-refractivity contribution in [1.82, 2.24) is 15.5 Å². The molecule has 2 rings (SSSR count). The van der Waals surface area contributed by atoms with Crippen LogP contribution in [0.5, 0.6) is 0 Å². The van der Waals surface area contributed by atoms with E-state index in [4.69, 9.17) is 4.52 Å². The molecule has 94 valence electrons. The smallest absolute Gasteiger partial charge is 0.256 e. The Balaban J connectivity index is 1.90. The van der Waals surface area contributed by atoms with Crippen molar-refractivity contribution >= 4 is 5.91 Å². The largest absolute Gasteiger partial charge is 0.361 e. The fourth-order valence-electron chi connectivity index (χ4n) is 1.75. The lowest BCUT2D eigenvalue weighted by molar-refractivity contribution is 0.0952. The molecular formula is C13H15N3O2. The lowest BCUT2D eigenvalue weighted by Gasteiger charge is -2.04. The van der Waals surface area contributed by atoms with Crippen molar-refractivity contribution in [2.45, 2.75) is 20.3 Å². The number of hydrogen-bond donors (Lipinski definition) is 1. The zero-order chi connectivity index (χ0) is 13.0. The van der Waals surface area contributed by atoms with Gasteiger partial charge >= 0.3 is 0 Å². The van der Waals surface area contributed by atoms with Crippen molar-refractivity contribution in [3.8, 4) is 0 Å². The van der Waals surface area contributed by atoms with Crippen LogP contribution in [-0.2, 0) is 6.42 Å². The topological polar surface area (TPSA) is 68.0 Å². The molecule has 0 bridgehead atoms. The van der Waals surface area contributed by atoms with Gasteiger partial charge < -0.3 is 9.84 Å². The number of pyridine rings is 1. The van der Waals surface area contributed by atoms with Crippen molar-refractivity contribution in [1.29, 1.82) is 0 Å². The Bertz CT molecular complexity index is 515. The average molecular weight is 245 g/mol. The second-order valence-electron chi connectivity index (χ2n) is 4.03. The molecule has 2 aromatic heterocycles. The monoisotopic (exact) mass is 245 g/mol. The first-order valence-electron chi connectivity index (χ1n) is 5.79. The number of rotatable bonds is 4. The first kappa shape index (κ1) is 12.3. The average Bonchev–Trinajstić information content (AvgIpc) is 2.70. The zero-order valence-electron chi connectivity index (χ0n) is 10.4. The standard InChI is InChI=1S/C13H15N3O2/c1-9-12(10(2)18-16-9)13(17)15-8-6-11-5-3-4-7-14-11/h3-5,7H,6,8H2,1-2H3,(H,15,17). The Morgan fingerprint density at radius 2 is 2.22 bits per heavy atom. The molecule has 1 amide bonds. The molecular weight excluding hydrogens is 230 g/mol. The number of carbonyl (C=O) groups excluding carboxylic acids is 1. The Labute approximate surface area is 105 Å². The molecule has 0 saturated heterocycles. The summed E-state index contributed by atoms with van der Waals surface area (Å²) < 4.78 is 4.96. The predicted octanol–water partition coefficient (Wildman–Crippen LogP) is 1.66. The van der Waals surface area contributed by atoms with Crippen LogP contribution in [0.25, 0.3) is 0 Å². The number of nitrogens with zero attached hydrogens (tertiary/aromatic N) is 2. The molecule has 0 aliphatic heterocycles. The maximum atomic E-state index is 11.9. The van der Waals surface area contributed by atoms with E-state index >= 15 is 0 Å². The number of amides is 1. The Morgan fingerprint density at radius 3 is 2.83 bits per heavy atom. The summed E-state index contributed by atoms with van der Waals surface area (Å²) in [4.78, 5) is 16.1. The first-order chi connectivity index (χ1) is 8.68. The van der Waals surface area contributed by atoms with E-state index in [1.54, 1.807) is 20.0 Å². The summed E-state index contributed by atoms with van der Waals surface area (Å²) >= 11 is 0. The van der Waals surface area contributed by atoms with E-state index in [2.05, 4.69) is 15.5 Å². The van der Waals surface area contributed by atoms with Gasteiger partial charge in [0.1, 0.15) is 11.3 Å². The highest BCUT2D eigenvalue weighted by molar-refractivity contribution is 5.96. The Kier molecular flexibility index (Phi) is 3.72. The van der Waals surface area contributed by atoms with Gasteiger partial charge in [0, 0.05) is 24.9 Å². The number of nitrogens with one attached hydrogen (secondary N) is 1. The van der Waals surface area contributed by atoms with E-state index in [-0.39, 0.29) is 5.91 Å². The maximum absolute atomic E-state index is 11.9. The fourth-order valence-corrected chi connectivity index (χ4v) is 1.75. The van der Waals surface area contributed by atoms with Crippen molar-refractivity contribution in [2.24, 2.45) is 0 Å². The molecule has 0 spiro atoms. The number of carbonyl (C=O) groups is 1. The molecule has 0 aromatic carbocycles. The molecule has 0 fully saturated rings. The van der Waals surface area contributed by atoms with E-state index in [0.717, 1.165) is 5.69 Å². The molecule has 0 aliphatic carbocycles. The molecule has 2 heterocycles. The number of aromatic nitrogens is 2. The van der Waals surface area contributed by atoms with Gasteiger partial charge in [0.2, 0.25) is 0 Å². The van der Waals surface area contributed by atoms with Gasteiger partial charge in [0.15, 0.2) is 0 Å². The third kappa shape index (κ3) is 2.74. The molecule has 0 saturated carbocycles. The minimum atomic E-state index is -0.151. The second kappa shape index (κ2) is 5.44. The Morgan fingerprint density at radius 1 is 1.39 bits per heavy atom. The number of aryl methyl sites for hydroxylation is 2. The first-order valence-corrected chi connectivity index (χ1v) is 5.79. The van der Waals surface area contributed by atoms with Crippen molar-refractivity contribution in [3.63, 3.8) is 0 Å². The lowest BCUT2D eigenvalue weighted by Crippen LogP contribution is -2.26. The second-order valence-corrected chi connectivity index (χ2v) is 4.03. The maximum Gasteiger partial charge on any atom is 0.256 e. The lowest BCUT2D eigenvalue weighted by atomic mass is 10.2. The van der Waals surface area contributed by atoms with Crippen molar-refractivity contribution < 1.29 is 9.32 Å². The van der Waals surface area contributed by atoms with Crippen LogP contribution in [-0.4, -0.2) is 22.6 Å². The van der Waals surface area contributed by atoms with E-state index in [1.165, 1.54) is 0 Å². The normalized spacial score (nSPS) is 10.3.